The smallest absolute Gasteiger partial charge is 0.320 e. The summed E-state index contributed by atoms with van der Waals surface area (Å²) in [5, 5.41) is 9.25. The molecule has 1 aliphatic rings. The second kappa shape index (κ2) is 6.33. The molecule has 1 aliphatic carbocycles. The van der Waals surface area contributed by atoms with Crippen LogP contribution in [-0.2, 0) is 11.2 Å². The molecular weight excluding hydrogens is 282 g/mol. The van der Waals surface area contributed by atoms with Gasteiger partial charge in [0.1, 0.15) is 6.04 Å². The molecule has 2 rings (SSSR count). The van der Waals surface area contributed by atoms with Gasteiger partial charge >= 0.3 is 5.97 Å². The van der Waals surface area contributed by atoms with Crippen LogP contribution in [0.15, 0.2) is 12.1 Å². The number of rotatable bonds is 7. The standard InChI is InChI=1S/C14H18ClNO4/c1-19-12-6-9(5-11(16)14(17)18)4-10(15)13(12)20-7-8-2-3-8/h4,6,8,11H,2-3,5,7,16H2,1H3,(H,17,18). The molecule has 0 aromatic heterocycles. The molecule has 6 heteroatoms. The molecule has 3 N–H and O–H groups in total. The van der Waals surface area contributed by atoms with Crippen LogP contribution in [0.25, 0.3) is 0 Å². The van der Waals surface area contributed by atoms with Gasteiger partial charge in [0.15, 0.2) is 11.5 Å². The van der Waals surface area contributed by atoms with Crippen LogP contribution in [-0.4, -0.2) is 30.8 Å². The molecule has 20 heavy (non-hydrogen) atoms. The van der Waals surface area contributed by atoms with Gasteiger partial charge in [-0.05, 0) is 42.9 Å². The van der Waals surface area contributed by atoms with Crippen LogP contribution in [0, 0.1) is 5.92 Å². The summed E-state index contributed by atoms with van der Waals surface area (Å²) in [7, 11) is 1.52. The quantitative estimate of drug-likeness (QED) is 0.805. The summed E-state index contributed by atoms with van der Waals surface area (Å²) in [6, 6.07) is 2.43. The number of methoxy groups -OCH3 is 1. The lowest BCUT2D eigenvalue weighted by atomic mass is 10.1. The number of ether oxygens (including phenoxy) is 2. The van der Waals surface area contributed by atoms with Crippen molar-refractivity contribution in [2.45, 2.75) is 25.3 Å². The van der Waals surface area contributed by atoms with Crippen molar-refractivity contribution in [2.75, 3.05) is 13.7 Å². The van der Waals surface area contributed by atoms with Crippen molar-refractivity contribution in [1.82, 2.24) is 0 Å². The molecule has 1 fully saturated rings. The molecule has 0 spiro atoms. The largest absolute Gasteiger partial charge is 0.493 e. The van der Waals surface area contributed by atoms with E-state index in [9.17, 15) is 4.79 Å². The van der Waals surface area contributed by atoms with Crippen LogP contribution in [0.1, 0.15) is 18.4 Å². The maximum absolute atomic E-state index is 10.8. The Bertz CT molecular complexity index is 502. The van der Waals surface area contributed by atoms with E-state index in [4.69, 9.17) is 31.9 Å². The number of benzene rings is 1. The van der Waals surface area contributed by atoms with E-state index in [1.165, 1.54) is 20.0 Å². The Morgan fingerprint density at radius 1 is 1.55 bits per heavy atom. The number of hydrogen-bond donors (Lipinski definition) is 2. The van der Waals surface area contributed by atoms with Gasteiger partial charge in [-0.1, -0.05) is 11.6 Å². The first-order chi connectivity index (χ1) is 9.51. The highest BCUT2D eigenvalue weighted by Gasteiger charge is 2.24. The summed E-state index contributed by atoms with van der Waals surface area (Å²) < 4.78 is 10.9. The Morgan fingerprint density at radius 2 is 2.25 bits per heavy atom. The van der Waals surface area contributed by atoms with Gasteiger partial charge in [0, 0.05) is 0 Å². The Hall–Kier alpha value is -1.46. The lowest BCUT2D eigenvalue weighted by Gasteiger charge is -2.15. The fourth-order valence-corrected chi connectivity index (χ4v) is 2.15. The lowest BCUT2D eigenvalue weighted by Crippen LogP contribution is -2.32. The molecule has 110 valence electrons. The van der Waals surface area contributed by atoms with E-state index in [2.05, 4.69) is 0 Å². The zero-order valence-corrected chi connectivity index (χ0v) is 12.0. The summed E-state index contributed by atoms with van der Waals surface area (Å²) in [6.07, 6.45) is 2.56. The van der Waals surface area contributed by atoms with Crippen LogP contribution in [0.4, 0.5) is 0 Å². The van der Waals surface area contributed by atoms with Crippen molar-refractivity contribution in [2.24, 2.45) is 11.7 Å². The number of aliphatic carboxylic acids is 1. The third-order valence-electron chi connectivity index (χ3n) is 3.22. The van der Waals surface area contributed by atoms with Crippen molar-refractivity contribution in [3.05, 3.63) is 22.7 Å². The lowest BCUT2D eigenvalue weighted by molar-refractivity contribution is -0.138. The molecular formula is C14H18ClNO4. The molecule has 0 aliphatic heterocycles. The highest BCUT2D eigenvalue weighted by atomic mass is 35.5. The molecule has 0 amide bonds. The molecule has 1 aromatic rings. The van der Waals surface area contributed by atoms with Crippen molar-refractivity contribution in [3.63, 3.8) is 0 Å². The monoisotopic (exact) mass is 299 g/mol. The Morgan fingerprint density at radius 3 is 2.80 bits per heavy atom. The van der Waals surface area contributed by atoms with Crippen LogP contribution in [0.2, 0.25) is 5.02 Å². The number of carbonyl (C=O) groups is 1. The molecule has 1 saturated carbocycles. The van der Waals surface area contributed by atoms with Gasteiger partial charge in [-0.2, -0.15) is 0 Å². The topological polar surface area (TPSA) is 81.8 Å². The molecule has 5 nitrogen and oxygen atoms in total. The third-order valence-corrected chi connectivity index (χ3v) is 3.50. The second-order valence-corrected chi connectivity index (χ2v) is 5.42. The normalized spacial score (nSPS) is 15.8. The SMILES string of the molecule is COc1cc(CC(N)C(=O)O)cc(Cl)c1OCC1CC1. The number of nitrogens with two attached hydrogens (primary N) is 1. The van der Waals surface area contributed by atoms with Gasteiger partial charge in [0.2, 0.25) is 0 Å². The highest BCUT2D eigenvalue weighted by molar-refractivity contribution is 6.32. The number of carboxylic acids is 1. The molecule has 0 saturated heterocycles. The van der Waals surface area contributed by atoms with E-state index in [0.717, 1.165) is 0 Å². The molecule has 1 aromatic carbocycles. The van der Waals surface area contributed by atoms with E-state index >= 15 is 0 Å². The fourth-order valence-electron chi connectivity index (χ4n) is 1.86. The average Bonchev–Trinajstić information content (AvgIpc) is 3.20. The van der Waals surface area contributed by atoms with Gasteiger partial charge in [0.05, 0.1) is 18.7 Å². The zero-order chi connectivity index (χ0) is 14.7. The van der Waals surface area contributed by atoms with Crippen LogP contribution < -0.4 is 15.2 Å². The van der Waals surface area contributed by atoms with E-state index < -0.39 is 12.0 Å². The fraction of sp³-hybridized carbons (Fsp3) is 0.500. The first-order valence-corrected chi connectivity index (χ1v) is 6.86. The highest BCUT2D eigenvalue weighted by Crippen LogP contribution is 2.38. The minimum atomic E-state index is -1.05. The number of halogens is 1. The number of carboxylic acid groups (broad SMARTS) is 1. The predicted molar refractivity (Wildman–Crippen MR) is 75.5 cm³/mol. The van der Waals surface area contributed by atoms with Crippen molar-refractivity contribution >= 4 is 17.6 Å². The summed E-state index contributed by atoms with van der Waals surface area (Å²) in [5.74, 6) is 0.574. The maximum atomic E-state index is 10.8. The molecule has 0 radical (unpaired) electrons. The Labute approximate surface area is 122 Å². The van der Waals surface area contributed by atoms with Crippen molar-refractivity contribution in [1.29, 1.82) is 0 Å². The molecule has 0 bridgehead atoms. The summed E-state index contributed by atoms with van der Waals surface area (Å²) in [6.45, 7) is 0.629. The first kappa shape index (κ1) is 14.9. The van der Waals surface area contributed by atoms with Gasteiger partial charge in [-0.3, -0.25) is 4.79 Å². The zero-order valence-electron chi connectivity index (χ0n) is 11.3. The summed E-state index contributed by atoms with van der Waals surface area (Å²) in [5.41, 5.74) is 6.23. The minimum absolute atomic E-state index is 0.189. The maximum Gasteiger partial charge on any atom is 0.320 e. The number of hydrogen-bond acceptors (Lipinski definition) is 4. The van der Waals surface area contributed by atoms with Crippen molar-refractivity contribution in [3.8, 4) is 11.5 Å². The van der Waals surface area contributed by atoms with E-state index in [-0.39, 0.29) is 6.42 Å². The first-order valence-electron chi connectivity index (χ1n) is 6.49. The summed E-state index contributed by atoms with van der Waals surface area (Å²) in [4.78, 5) is 10.8. The van der Waals surface area contributed by atoms with E-state index in [0.29, 0.717) is 34.6 Å². The average molecular weight is 300 g/mol. The van der Waals surface area contributed by atoms with Gasteiger partial charge < -0.3 is 20.3 Å². The molecule has 1 unspecified atom stereocenters. The van der Waals surface area contributed by atoms with Gasteiger partial charge in [-0.15, -0.1) is 0 Å². The van der Waals surface area contributed by atoms with Gasteiger partial charge in [0.25, 0.3) is 0 Å². The minimum Gasteiger partial charge on any atom is -0.493 e. The predicted octanol–water partition coefficient (Wildman–Crippen LogP) is 2.09. The molecule has 1 atom stereocenters. The van der Waals surface area contributed by atoms with Crippen molar-refractivity contribution < 1.29 is 19.4 Å². The summed E-state index contributed by atoms with van der Waals surface area (Å²) >= 11 is 6.19. The second-order valence-electron chi connectivity index (χ2n) is 5.01. The molecule has 0 heterocycles. The Balaban J connectivity index is 2.15. The van der Waals surface area contributed by atoms with E-state index in [1.54, 1.807) is 12.1 Å². The Kier molecular flexibility index (Phi) is 4.73. The van der Waals surface area contributed by atoms with Crippen LogP contribution in [0.5, 0.6) is 11.5 Å². The van der Waals surface area contributed by atoms with Crippen LogP contribution in [0.3, 0.4) is 0 Å². The van der Waals surface area contributed by atoms with Crippen LogP contribution >= 0.6 is 11.6 Å². The van der Waals surface area contributed by atoms with Gasteiger partial charge in [-0.25, -0.2) is 0 Å². The third kappa shape index (κ3) is 3.77. The van der Waals surface area contributed by atoms with E-state index in [1.807, 2.05) is 0 Å².